The number of hydrogen-bond donors (Lipinski definition) is 2. The van der Waals surface area contributed by atoms with Gasteiger partial charge in [0.2, 0.25) is 5.91 Å². The Hall–Kier alpha value is -2.12. The summed E-state index contributed by atoms with van der Waals surface area (Å²) in [5.41, 5.74) is 1.64. The van der Waals surface area contributed by atoms with Gasteiger partial charge in [0.25, 0.3) is 0 Å². The third kappa shape index (κ3) is 5.95. The number of halogens is 2. The van der Waals surface area contributed by atoms with Gasteiger partial charge in [0.1, 0.15) is 6.54 Å². The summed E-state index contributed by atoms with van der Waals surface area (Å²) < 4.78 is 0. The summed E-state index contributed by atoms with van der Waals surface area (Å²) in [6.07, 6.45) is 0.254. The zero-order valence-corrected chi connectivity index (χ0v) is 17.9. The van der Waals surface area contributed by atoms with Gasteiger partial charge in [-0.1, -0.05) is 59.6 Å². The number of likely N-dealkylation sites (tertiary alicyclic amines) is 1. The number of carboxylic acids is 1. The highest BCUT2D eigenvalue weighted by Gasteiger charge is 2.31. The minimum atomic E-state index is -1.08. The van der Waals surface area contributed by atoms with E-state index in [9.17, 15) is 19.8 Å². The monoisotopic (exact) mass is 450 g/mol. The first-order valence-electron chi connectivity index (χ1n) is 9.74. The molecule has 0 aliphatic carbocycles. The Morgan fingerprint density at radius 2 is 1.87 bits per heavy atom. The van der Waals surface area contributed by atoms with E-state index in [4.69, 9.17) is 23.2 Å². The van der Waals surface area contributed by atoms with Crippen molar-refractivity contribution < 1.29 is 19.8 Å². The van der Waals surface area contributed by atoms with Crippen molar-refractivity contribution in [3.05, 3.63) is 69.7 Å². The lowest BCUT2D eigenvalue weighted by molar-refractivity contribution is -0.144. The summed E-state index contributed by atoms with van der Waals surface area (Å²) in [6, 6.07) is 14.4. The number of aliphatic hydroxyl groups is 1. The van der Waals surface area contributed by atoms with E-state index < -0.39 is 18.6 Å². The van der Waals surface area contributed by atoms with E-state index in [0.717, 1.165) is 5.56 Å². The van der Waals surface area contributed by atoms with E-state index >= 15 is 0 Å². The summed E-state index contributed by atoms with van der Waals surface area (Å²) in [5.74, 6) is -1.39. The maximum Gasteiger partial charge on any atom is 0.323 e. The molecule has 30 heavy (non-hydrogen) atoms. The third-order valence-corrected chi connectivity index (χ3v) is 5.97. The van der Waals surface area contributed by atoms with Gasteiger partial charge in [0.05, 0.1) is 28.6 Å². The molecule has 2 aromatic carbocycles. The Morgan fingerprint density at radius 1 is 1.13 bits per heavy atom. The van der Waals surface area contributed by atoms with Crippen molar-refractivity contribution in [1.82, 2.24) is 9.80 Å². The molecule has 0 spiro atoms. The van der Waals surface area contributed by atoms with Crippen LogP contribution in [0.1, 0.15) is 23.6 Å². The van der Waals surface area contributed by atoms with Crippen LogP contribution < -0.4 is 0 Å². The predicted octanol–water partition coefficient (Wildman–Crippen LogP) is 3.26. The van der Waals surface area contributed by atoms with Crippen molar-refractivity contribution in [2.45, 2.75) is 25.0 Å². The molecule has 0 aromatic heterocycles. The molecule has 1 heterocycles. The van der Waals surface area contributed by atoms with Crippen LogP contribution in [-0.2, 0) is 16.0 Å². The predicted molar refractivity (Wildman–Crippen MR) is 116 cm³/mol. The van der Waals surface area contributed by atoms with Crippen LogP contribution >= 0.6 is 23.2 Å². The Kier molecular flexibility index (Phi) is 7.72. The number of amides is 1. The fourth-order valence-corrected chi connectivity index (χ4v) is 4.04. The van der Waals surface area contributed by atoms with Crippen LogP contribution in [0.5, 0.6) is 0 Å². The molecule has 0 radical (unpaired) electrons. The topological polar surface area (TPSA) is 81.1 Å². The number of aliphatic carboxylic acids is 1. The molecule has 1 amide bonds. The van der Waals surface area contributed by atoms with E-state index in [1.807, 2.05) is 30.3 Å². The normalized spacial score (nSPS) is 17.6. The highest BCUT2D eigenvalue weighted by Crippen LogP contribution is 2.27. The van der Waals surface area contributed by atoms with Gasteiger partial charge < -0.3 is 15.1 Å². The Morgan fingerprint density at radius 3 is 2.47 bits per heavy atom. The van der Waals surface area contributed by atoms with Gasteiger partial charge in [0, 0.05) is 19.6 Å². The fourth-order valence-electron chi connectivity index (χ4n) is 3.72. The highest BCUT2D eigenvalue weighted by atomic mass is 35.5. The first-order chi connectivity index (χ1) is 14.3. The molecule has 2 atom stereocenters. The van der Waals surface area contributed by atoms with Crippen molar-refractivity contribution in [1.29, 1.82) is 0 Å². The first kappa shape index (κ1) is 22.6. The van der Waals surface area contributed by atoms with Crippen molar-refractivity contribution in [3.63, 3.8) is 0 Å². The quantitative estimate of drug-likeness (QED) is 0.644. The van der Waals surface area contributed by atoms with Crippen LogP contribution in [-0.4, -0.2) is 64.2 Å². The Balaban J connectivity index is 1.82. The molecule has 1 aliphatic heterocycles. The van der Waals surface area contributed by atoms with Gasteiger partial charge in [-0.05, 0) is 29.7 Å². The molecule has 0 saturated carbocycles. The van der Waals surface area contributed by atoms with Gasteiger partial charge >= 0.3 is 5.97 Å². The summed E-state index contributed by atoms with van der Waals surface area (Å²) in [5, 5.41) is 20.1. The zero-order chi connectivity index (χ0) is 21.7. The standard InChI is InChI=1S/C22H24Cl2N2O4/c23-18-7-6-15(10-19(18)24)11-21(28)26(14-22(29)30)13-20(16-4-2-1-3-5-16)25-9-8-17(27)12-25/h1-7,10,17,20,27H,8-9,11-14H2,(H,29,30)/t17-,20-/m0/s1. The maximum absolute atomic E-state index is 13.0. The Labute approximate surface area is 185 Å². The molecule has 8 heteroatoms. The van der Waals surface area contributed by atoms with Gasteiger partial charge in [-0.3, -0.25) is 14.5 Å². The number of carbonyl (C=O) groups is 2. The molecular formula is C22H24Cl2N2O4. The number of aliphatic hydroxyl groups excluding tert-OH is 1. The first-order valence-corrected chi connectivity index (χ1v) is 10.5. The van der Waals surface area contributed by atoms with E-state index in [0.29, 0.717) is 35.1 Å². The number of benzene rings is 2. The summed E-state index contributed by atoms with van der Waals surface area (Å²) in [7, 11) is 0. The molecule has 2 aromatic rings. The van der Waals surface area contributed by atoms with E-state index in [2.05, 4.69) is 4.90 Å². The highest BCUT2D eigenvalue weighted by molar-refractivity contribution is 6.42. The number of hydrogen-bond acceptors (Lipinski definition) is 4. The van der Waals surface area contributed by atoms with Crippen molar-refractivity contribution in [2.24, 2.45) is 0 Å². The Bertz CT molecular complexity index is 894. The molecule has 1 saturated heterocycles. The van der Waals surface area contributed by atoms with Crippen molar-refractivity contribution >= 4 is 35.1 Å². The molecular weight excluding hydrogens is 427 g/mol. The number of nitrogens with zero attached hydrogens (tertiary/aromatic N) is 2. The zero-order valence-electron chi connectivity index (χ0n) is 16.4. The number of carboxylic acid groups (broad SMARTS) is 1. The molecule has 1 aliphatic rings. The number of carbonyl (C=O) groups excluding carboxylic acids is 1. The molecule has 2 N–H and O–H groups in total. The minimum Gasteiger partial charge on any atom is -0.480 e. The molecule has 0 bridgehead atoms. The fraction of sp³-hybridized carbons (Fsp3) is 0.364. The van der Waals surface area contributed by atoms with Crippen molar-refractivity contribution in [2.75, 3.05) is 26.2 Å². The maximum atomic E-state index is 13.0. The average molecular weight is 451 g/mol. The van der Waals surface area contributed by atoms with Gasteiger partial charge in [-0.2, -0.15) is 0 Å². The lowest BCUT2D eigenvalue weighted by Gasteiger charge is -2.33. The minimum absolute atomic E-state index is 0.0221. The van der Waals surface area contributed by atoms with E-state index in [1.54, 1.807) is 18.2 Å². The molecule has 160 valence electrons. The van der Waals surface area contributed by atoms with E-state index in [1.165, 1.54) is 4.90 Å². The van der Waals surface area contributed by atoms with Gasteiger partial charge in [0.15, 0.2) is 0 Å². The van der Waals surface area contributed by atoms with E-state index in [-0.39, 0.29) is 24.9 Å². The second kappa shape index (κ2) is 10.3. The molecule has 1 fully saturated rings. The smallest absolute Gasteiger partial charge is 0.323 e. The lowest BCUT2D eigenvalue weighted by Crippen LogP contribution is -2.43. The SMILES string of the molecule is O=C(O)CN(C[C@@H](c1ccccc1)N1CC[C@H](O)C1)C(=O)Cc1ccc(Cl)c(Cl)c1. The second-order valence-corrected chi connectivity index (χ2v) is 8.27. The van der Waals surface area contributed by atoms with Crippen LogP contribution in [0.15, 0.2) is 48.5 Å². The van der Waals surface area contributed by atoms with Crippen LogP contribution in [0.3, 0.4) is 0 Å². The van der Waals surface area contributed by atoms with Crippen LogP contribution in [0.25, 0.3) is 0 Å². The molecule has 3 rings (SSSR count). The van der Waals surface area contributed by atoms with Gasteiger partial charge in [-0.25, -0.2) is 0 Å². The summed E-state index contributed by atoms with van der Waals surface area (Å²) in [4.78, 5) is 27.9. The van der Waals surface area contributed by atoms with Crippen LogP contribution in [0, 0.1) is 0 Å². The van der Waals surface area contributed by atoms with Crippen molar-refractivity contribution in [3.8, 4) is 0 Å². The number of β-amino-alcohol motifs (C(OH)–C–C–N with tert-alkyl or cyclic N) is 1. The molecule has 6 nitrogen and oxygen atoms in total. The summed E-state index contributed by atoms with van der Waals surface area (Å²) >= 11 is 12.0. The largest absolute Gasteiger partial charge is 0.480 e. The molecule has 0 unspecified atom stereocenters. The van der Waals surface area contributed by atoms with Crippen LogP contribution in [0.2, 0.25) is 10.0 Å². The third-order valence-electron chi connectivity index (χ3n) is 5.23. The average Bonchev–Trinajstić information content (AvgIpc) is 3.14. The van der Waals surface area contributed by atoms with Gasteiger partial charge in [-0.15, -0.1) is 0 Å². The van der Waals surface area contributed by atoms with Crippen LogP contribution in [0.4, 0.5) is 0 Å². The number of rotatable bonds is 8. The summed E-state index contributed by atoms with van der Waals surface area (Å²) in [6.45, 7) is 0.979. The second-order valence-electron chi connectivity index (χ2n) is 7.46. The lowest BCUT2D eigenvalue weighted by atomic mass is 10.0.